The van der Waals surface area contributed by atoms with Gasteiger partial charge in [0.15, 0.2) is 0 Å². The van der Waals surface area contributed by atoms with Crippen LogP contribution >= 0.6 is 11.3 Å². The lowest BCUT2D eigenvalue weighted by Gasteiger charge is -1.91. The third-order valence-electron chi connectivity index (χ3n) is 1.27. The maximum atomic E-state index is 10.0. The van der Waals surface area contributed by atoms with Crippen LogP contribution in [0.15, 0.2) is 18.2 Å². The molecule has 0 bridgehead atoms. The Morgan fingerprint density at radius 3 is 2.82 bits per heavy atom. The van der Waals surface area contributed by atoms with Crippen LogP contribution in [-0.2, 0) is 4.79 Å². The first-order valence-corrected chi connectivity index (χ1v) is 4.03. The number of aryl methyl sites for hydroxylation is 1. The van der Waals surface area contributed by atoms with Crippen molar-refractivity contribution in [2.45, 2.75) is 6.92 Å². The number of carbonyl (C=O) groups excluding carboxylic acids is 1. The summed E-state index contributed by atoms with van der Waals surface area (Å²) >= 11 is 1.58. The SMILES string of the molecule is Cc1ccc(C(N)=CC=O)s1. The third kappa shape index (κ3) is 1.91. The highest BCUT2D eigenvalue weighted by molar-refractivity contribution is 7.13. The van der Waals surface area contributed by atoms with Crippen molar-refractivity contribution >= 4 is 23.3 Å². The lowest BCUT2D eigenvalue weighted by Crippen LogP contribution is -1.92. The molecular weight excluding hydrogens is 158 g/mol. The van der Waals surface area contributed by atoms with Gasteiger partial charge in [0.25, 0.3) is 0 Å². The van der Waals surface area contributed by atoms with Crippen LogP contribution in [0.3, 0.4) is 0 Å². The van der Waals surface area contributed by atoms with Gasteiger partial charge in [0, 0.05) is 11.0 Å². The van der Waals surface area contributed by atoms with Crippen LogP contribution in [0, 0.1) is 6.92 Å². The van der Waals surface area contributed by atoms with Crippen LogP contribution in [0.5, 0.6) is 0 Å². The van der Waals surface area contributed by atoms with Crippen LogP contribution in [0.4, 0.5) is 0 Å². The molecule has 1 aromatic rings. The lowest BCUT2D eigenvalue weighted by atomic mass is 10.3. The number of hydrogen-bond acceptors (Lipinski definition) is 3. The first kappa shape index (κ1) is 8.01. The summed E-state index contributed by atoms with van der Waals surface area (Å²) in [5.41, 5.74) is 6.10. The van der Waals surface area contributed by atoms with Gasteiger partial charge in [-0.25, -0.2) is 0 Å². The van der Waals surface area contributed by atoms with E-state index in [1.54, 1.807) is 11.3 Å². The summed E-state index contributed by atoms with van der Waals surface area (Å²) in [6, 6.07) is 3.89. The highest BCUT2D eigenvalue weighted by Gasteiger charge is 1.97. The molecule has 0 aliphatic heterocycles. The molecule has 1 heterocycles. The molecule has 2 N–H and O–H groups in total. The van der Waals surface area contributed by atoms with Crippen LogP contribution in [0.1, 0.15) is 9.75 Å². The van der Waals surface area contributed by atoms with Crippen molar-refractivity contribution in [1.82, 2.24) is 0 Å². The molecule has 0 saturated heterocycles. The molecule has 0 aliphatic rings. The summed E-state index contributed by atoms with van der Waals surface area (Å²) in [7, 11) is 0. The van der Waals surface area contributed by atoms with Crippen LogP contribution in [0.2, 0.25) is 0 Å². The highest BCUT2D eigenvalue weighted by Crippen LogP contribution is 2.19. The monoisotopic (exact) mass is 167 g/mol. The van der Waals surface area contributed by atoms with Crippen molar-refractivity contribution < 1.29 is 4.79 Å². The fourth-order valence-corrected chi connectivity index (χ4v) is 1.55. The fraction of sp³-hybridized carbons (Fsp3) is 0.125. The van der Waals surface area contributed by atoms with Crippen molar-refractivity contribution in [3.8, 4) is 0 Å². The van der Waals surface area contributed by atoms with Crippen molar-refractivity contribution in [1.29, 1.82) is 0 Å². The molecule has 1 aromatic heterocycles. The van der Waals surface area contributed by atoms with E-state index in [9.17, 15) is 4.79 Å². The van der Waals surface area contributed by atoms with E-state index in [0.29, 0.717) is 12.0 Å². The average Bonchev–Trinajstić information content (AvgIpc) is 2.36. The molecule has 0 saturated carbocycles. The summed E-state index contributed by atoms with van der Waals surface area (Å²) in [4.78, 5) is 12.2. The molecule has 0 aliphatic carbocycles. The minimum absolute atomic E-state index is 0.540. The largest absolute Gasteiger partial charge is 0.397 e. The topological polar surface area (TPSA) is 43.1 Å². The van der Waals surface area contributed by atoms with E-state index in [-0.39, 0.29) is 0 Å². The highest BCUT2D eigenvalue weighted by atomic mass is 32.1. The second-order valence-electron chi connectivity index (χ2n) is 2.17. The zero-order chi connectivity index (χ0) is 8.27. The van der Waals surface area contributed by atoms with Crippen molar-refractivity contribution in [3.63, 3.8) is 0 Å². The number of allylic oxidation sites excluding steroid dienone is 1. The minimum atomic E-state index is 0.540. The quantitative estimate of drug-likeness (QED) is 0.536. The van der Waals surface area contributed by atoms with E-state index in [1.807, 2.05) is 19.1 Å². The molecule has 0 fully saturated rings. The molecule has 0 radical (unpaired) electrons. The Bertz CT molecular complexity index is 288. The molecule has 0 unspecified atom stereocenters. The molecule has 0 aromatic carbocycles. The Morgan fingerprint density at radius 2 is 2.36 bits per heavy atom. The van der Waals surface area contributed by atoms with E-state index in [0.717, 1.165) is 4.88 Å². The molecule has 0 atom stereocenters. The van der Waals surface area contributed by atoms with Gasteiger partial charge in [0.2, 0.25) is 0 Å². The van der Waals surface area contributed by atoms with Gasteiger partial charge in [-0.05, 0) is 19.1 Å². The molecule has 0 amide bonds. The number of carbonyl (C=O) groups is 1. The standard InChI is InChI=1S/C8H9NOS/c1-6-2-3-8(11-6)7(9)4-5-10/h2-5H,9H2,1H3. The molecular formula is C8H9NOS. The van der Waals surface area contributed by atoms with E-state index in [2.05, 4.69) is 0 Å². The third-order valence-corrected chi connectivity index (χ3v) is 2.32. The van der Waals surface area contributed by atoms with Crippen molar-refractivity contribution in [3.05, 3.63) is 28.0 Å². The molecule has 0 spiro atoms. The minimum Gasteiger partial charge on any atom is -0.397 e. The predicted octanol–water partition coefficient (Wildman–Crippen LogP) is 1.56. The predicted molar refractivity (Wildman–Crippen MR) is 47.3 cm³/mol. The Balaban J connectivity index is 2.93. The molecule has 11 heavy (non-hydrogen) atoms. The van der Waals surface area contributed by atoms with Gasteiger partial charge in [-0.2, -0.15) is 0 Å². The Labute approximate surface area is 69.3 Å². The Morgan fingerprint density at radius 1 is 1.64 bits per heavy atom. The maximum absolute atomic E-state index is 10.0. The summed E-state index contributed by atoms with van der Waals surface area (Å²) < 4.78 is 0. The zero-order valence-corrected chi connectivity index (χ0v) is 7.02. The van der Waals surface area contributed by atoms with Crippen LogP contribution < -0.4 is 5.73 Å². The van der Waals surface area contributed by atoms with Crippen LogP contribution in [0.25, 0.3) is 5.70 Å². The van der Waals surface area contributed by atoms with E-state index in [4.69, 9.17) is 5.73 Å². The number of aldehydes is 1. The smallest absolute Gasteiger partial charge is 0.144 e. The first-order chi connectivity index (χ1) is 5.24. The van der Waals surface area contributed by atoms with Gasteiger partial charge in [-0.1, -0.05) is 0 Å². The summed E-state index contributed by atoms with van der Waals surface area (Å²) in [6.07, 6.45) is 2.07. The molecule has 2 nitrogen and oxygen atoms in total. The summed E-state index contributed by atoms with van der Waals surface area (Å²) in [6.45, 7) is 2.00. The zero-order valence-electron chi connectivity index (χ0n) is 6.20. The van der Waals surface area contributed by atoms with Crippen LogP contribution in [-0.4, -0.2) is 6.29 Å². The molecule has 3 heteroatoms. The number of thiophene rings is 1. The van der Waals surface area contributed by atoms with Gasteiger partial charge in [-0.3, -0.25) is 4.79 Å². The van der Waals surface area contributed by atoms with Gasteiger partial charge < -0.3 is 5.73 Å². The maximum Gasteiger partial charge on any atom is 0.144 e. The van der Waals surface area contributed by atoms with Gasteiger partial charge >= 0.3 is 0 Å². The first-order valence-electron chi connectivity index (χ1n) is 3.22. The lowest BCUT2D eigenvalue weighted by molar-refractivity contribution is -0.104. The van der Waals surface area contributed by atoms with Gasteiger partial charge in [0.05, 0.1) is 10.6 Å². The number of hydrogen-bond donors (Lipinski definition) is 1. The Hall–Kier alpha value is -1.09. The second-order valence-corrected chi connectivity index (χ2v) is 3.46. The van der Waals surface area contributed by atoms with Gasteiger partial charge in [-0.15, -0.1) is 11.3 Å². The molecule has 1 rings (SSSR count). The fourth-order valence-electron chi connectivity index (χ4n) is 0.745. The van der Waals surface area contributed by atoms with E-state index in [1.165, 1.54) is 11.0 Å². The average molecular weight is 167 g/mol. The van der Waals surface area contributed by atoms with E-state index >= 15 is 0 Å². The number of nitrogens with two attached hydrogens (primary N) is 1. The summed E-state index contributed by atoms with van der Waals surface area (Å²) in [5, 5.41) is 0. The normalized spacial score (nSPS) is 11.5. The van der Waals surface area contributed by atoms with E-state index < -0.39 is 0 Å². The van der Waals surface area contributed by atoms with Gasteiger partial charge in [0.1, 0.15) is 6.29 Å². The number of rotatable bonds is 2. The van der Waals surface area contributed by atoms with Crippen molar-refractivity contribution in [2.24, 2.45) is 5.73 Å². The molecule has 58 valence electrons. The van der Waals surface area contributed by atoms with Crippen molar-refractivity contribution in [2.75, 3.05) is 0 Å². The summed E-state index contributed by atoms with van der Waals surface area (Å²) in [5.74, 6) is 0. The second kappa shape index (κ2) is 3.34. The Kier molecular flexibility index (Phi) is 2.44.